The summed E-state index contributed by atoms with van der Waals surface area (Å²) in [6.45, 7) is 7.78. The van der Waals surface area contributed by atoms with Crippen molar-refractivity contribution >= 4 is 46.1 Å². The molecule has 9 rings (SSSR count). The first-order chi connectivity index (χ1) is 22.1. The smallest absolute Gasteiger partial charge is 0.238 e. The van der Waals surface area contributed by atoms with E-state index in [2.05, 4.69) is 0 Å². The summed E-state index contributed by atoms with van der Waals surface area (Å²) in [5, 5.41) is 0. The number of benzene rings is 4. The van der Waals surface area contributed by atoms with Crippen molar-refractivity contribution in [3.63, 3.8) is 0 Å². The molecule has 4 aromatic carbocycles. The van der Waals surface area contributed by atoms with Gasteiger partial charge in [-0.25, -0.2) is 9.80 Å². The largest absolute Gasteiger partial charge is 0.274 e. The molecule has 1 saturated carbocycles. The van der Waals surface area contributed by atoms with Crippen molar-refractivity contribution in [3.8, 4) is 0 Å². The fraction of sp³-hybridized carbons (Fsp3) is 0.250. The van der Waals surface area contributed by atoms with Gasteiger partial charge < -0.3 is 0 Å². The zero-order valence-corrected chi connectivity index (χ0v) is 26.2. The number of amides is 4. The van der Waals surface area contributed by atoms with E-state index in [1.807, 2.05) is 125 Å². The Balaban J connectivity index is 1.46. The SMILES string of the molecule is Cc1cccc(N2C(=O)C3C(C2=O)C2(C)C(c4ccccc4)=C(c4ccccc4)C3(C)C3C(=O)N(c4cccc(C)c4)C(=O)C32)c1. The highest BCUT2D eigenvalue weighted by Gasteiger charge is 2.80. The quantitative estimate of drug-likeness (QED) is 0.238. The molecule has 228 valence electrons. The van der Waals surface area contributed by atoms with Crippen LogP contribution in [0.2, 0.25) is 0 Å². The Morgan fingerprint density at radius 1 is 0.457 bits per heavy atom. The van der Waals surface area contributed by atoms with Crippen LogP contribution in [0.4, 0.5) is 11.4 Å². The molecule has 3 aliphatic carbocycles. The molecule has 2 aliphatic heterocycles. The molecule has 46 heavy (non-hydrogen) atoms. The monoisotopic (exact) mass is 606 g/mol. The Morgan fingerprint density at radius 2 is 0.783 bits per heavy atom. The van der Waals surface area contributed by atoms with E-state index in [1.54, 1.807) is 12.1 Å². The topological polar surface area (TPSA) is 74.8 Å². The fourth-order valence-corrected chi connectivity index (χ4v) is 9.47. The van der Waals surface area contributed by atoms with Crippen LogP contribution in [0, 0.1) is 48.3 Å². The second-order valence-corrected chi connectivity index (χ2v) is 13.7. The first-order valence-electron chi connectivity index (χ1n) is 15.8. The summed E-state index contributed by atoms with van der Waals surface area (Å²) in [4.78, 5) is 62.1. The lowest BCUT2D eigenvalue weighted by molar-refractivity contribution is -0.151. The molecule has 5 aliphatic rings. The van der Waals surface area contributed by atoms with Crippen molar-refractivity contribution in [2.45, 2.75) is 27.7 Å². The van der Waals surface area contributed by atoms with E-state index < -0.39 is 34.5 Å². The van der Waals surface area contributed by atoms with E-state index in [4.69, 9.17) is 0 Å². The Bertz CT molecular complexity index is 1820. The van der Waals surface area contributed by atoms with Gasteiger partial charge in [-0.2, -0.15) is 0 Å². The maximum absolute atomic E-state index is 14.9. The van der Waals surface area contributed by atoms with E-state index in [0.29, 0.717) is 11.4 Å². The van der Waals surface area contributed by atoms with E-state index in [0.717, 1.165) is 33.4 Å². The number of imide groups is 2. The summed E-state index contributed by atoms with van der Waals surface area (Å²) < 4.78 is 0. The summed E-state index contributed by atoms with van der Waals surface area (Å²) in [6.07, 6.45) is 0. The molecular weight excluding hydrogens is 572 g/mol. The Morgan fingerprint density at radius 3 is 1.09 bits per heavy atom. The molecule has 6 heteroatoms. The number of rotatable bonds is 4. The van der Waals surface area contributed by atoms with Gasteiger partial charge in [-0.3, -0.25) is 19.2 Å². The molecule has 0 N–H and O–H groups in total. The van der Waals surface area contributed by atoms with Crippen LogP contribution < -0.4 is 9.80 Å². The number of hydrogen-bond donors (Lipinski definition) is 0. The van der Waals surface area contributed by atoms with Crippen LogP contribution in [0.25, 0.3) is 11.1 Å². The highest BCUT2D eigenvalue weighted by molar-refractivity contribution is 6.30. The van der Waals surface area contributed by atoms with Crippen LogP contribution in [0.1, 0.15) is 36.1 Å². The molecule has 6 nitrogen and oxygen atoms in total. The lowest BCUT2D eigenvalue weighted by atomic mass is 9.36. The molecule has 0 radical (unpaired) electrons. The molecule has 3 fully saturated rings. The second kappa shape index (κ2) is 9.70. The van der Waals surface area contributed by atoms with E-state index in [1.165, 1.54) is 9.80 Å². The Kier molecular flexibility index (Phi) is 5.98. The molecule has 4 aromatic rings. The number of aryl methyl sites for hydroxylation is 2. The van der Waals surface area contributed by atoms with Gasteiger partial charge in [0, 0.05) is 10.8 Å². The first-order valence-corrected chi connectivity index (χ1v) is 15.8. The summed E-state index contributed by atoms with van der Waals surface area (Å²) >= 11 is 0. The van der Waals surface area contributed by atoms with Crippen molar-refractivity contribution in [2.75, 3.05) is 9.80 Å². The minimum atomic E-state index is -1.17. The number of anilines is 2. The second-order valence-electron chi connectivity index (χ2n) is 13.7. The molecule has 4 amide bonds. The van der Waals surface area contributed by atoms with Gasteiger partial charge in [-0.1, -0.05) is 98.8 Å². The molecule has 4 atom stereocenters. The summed E-state index contributed by atoms with van der Waals surface area (Å²) in [5.41, 5.74) is 4.05. The third-order valence-corrected chi connectivity index (χ3v) is 11.2. The van der Waals surface area contributed by atoms with Crippen molar-refractivity contribution in [2.24, 2.45) is 34.5 Å². The number of carbonyl (C=O) groups is 4. The zero-order chi connectivity index (χ0) is 32.1. The average Bonchev–Trinajstić information content (AvgIpc) is 3.49. The minimum absolute atomic E-state index is 0.317. The van der Waals surface area contributed by atoms with Crippen LogP contribution >= 0.6 is 0 Å². The number of carbonyl (C=O) groups excluding carboxylic acids is 4. The molecular formula is C40H34N2O4. The zero-order valence-electron chi connectivity index (χ0n) is 26.2. The third kappa shape index (κ3) is 3.47. The number of nitrogens with zero attached hydrogens (tertiary/aromatic N) is 2. The van der Waals surface area contributed by atoms with Gasteiger partial charge in [0.15, 0.2) is 0 Å². The minimum Gasteiger partial charge on any atom is -0.274 e. The van der Waals surface area contributed by atoms with Crippen LogP contribution in [0.3, 0.4) is 0 Å². The summed E-state index contributed by atoms with van der Waals surface area (Å²) in [6, 6.07) is 34.5. The van der Waals surface area contributed by atoms with Crippen LogP contribution in [-0.4, -0.2) is 23.6 Å². The maximum atomic E-state index is 14.9. The van der Waals surface area contributed by atoms with Gasteiger partial charge in [0.2, 0.25) is 23.6 Å². The maximum Gasteiger partial charge on any atom is 0.238 e. The molecule has 0 spiro atoms. The van der Waals surface area contributed by atoms with E-state index in [9.17, 15) is 19.2 Å². The average molecular weight is 607 g/mol. The highest BCUT2D eigenvalue weighted by Crippen LogP contribution is 2.76. The molecule has 2 saturated heterocycles. The number of allylic oxidation sites excluding steroid dienone is 2. The fourth-order valence-electron chi connectivity index (χ4n) is 9.47. The van der Waals surface area contributed by atoms with E-state index in [-0.39, 0.29) is 23.6 Å². The van der Waals surface area contributed by atoms with Crippen molar-refractivity contribution in [1.82, 2.24) is 0 Å². The summed E-state index contributed by atoms with van der Waals surface area (Å²) in [5.74, 6) is -4.64. The molecule has 2 heterocycles. The van der Waals surface area contributed by atoms with Gasteiger partial charge >= 0.3 is 0 Å². The van der Waals surface area contributed by atoms with Crippen molar-refractivity contribution in [1.29, 1.82) is 0 Å². The van der Waals surface area contributed by atoms with Crippen molar-refractivity contribution in [3.05, 3.63) is 131 Å². The van der Waals surface area contributed by atoms with Crippen LogP contribution in [-0.2, 0) is 19.2 Å². The van der Waals surface area contributed by atoms with Crippen LogP contribution in [0.15, 0.2) is 109 Å². The van der Waals surface area contributed by atoms with Gasteiger partial charge in [0.25, 0.3) is 0 Å². The predicted molar refractivity (Wildman–Crippen MR) is 177 cm³/mol. The third-order valence-electron chi connectivity index (χ3n) is 11.2. The van der Waals surface area contributed by atoms with E-state index >= 15 is 0 Å². The predicted octanol–water partition coefficient (Wildman–Crippen LogP) is 6.87. The van der Waals surface area contributed by atoms with Gasteiger partial charge in [-0.05, 0) is 71.5 Å². The van der Waals surface area contributed by atoms with Gasteiger partial charge in [-0.15, -0.1) is 0 Å². The van der Waals surface area contributed by atoms with Crippen molar-refractivity contribution < 1.29 is 19.2 Å². The number of hydrogen-bond acceptors (Lipinski definition) is 4. The standard InChI is InChI=1S/C40H34N2O4/c1-23-13-11-19-27(21-23)41-35(43)31-32(36(41)44)40(4)30(26-17-9-6-10-18-26)29(25-15-7-5-8-16-25)39(31,3)33-34(40)38(46)42(37(33)45)28-20-12-14-24(2)22-28/h5-22,31-34H,1-4H3. The molecule has 2 bridgehead atoms. The highest BCUT2D eigenvalue weighted by atomic mass is 16.2. The summed E-state index contributed by atoms with van der Waals surface area (Å²) in [7, 11) is 0. The Labute approximate surface area is 268 Å². The first kappa shape index (κ1) is 28.4. The van der Waals surface area contributed by atoms with Gasteiger partial charge in [0.05, 0.1) is 35.0 Å². The van der Waals surface area contributed by atoms with Crippen LogP contribution in [0.5, 0.6) is 0 Å². The van der Waals surface area contributed by atoms with Gasteiger partial charge in [0.1, 0.15) is 0 Å². The Hall–Kier alpha value is -5.10. The normalized spacial score (nSPS) is 29.9. The lowest BCUT2D eigenvalue weighted by Crippen LogP contribution is -2.64. The molecule has 0 aromatic heterocycles. The molecule has 4 unspecified atom stereocenters. The lowest BCUT2D eigenvalue weighted by Gasteiger charge is -2.62.